The lowest BCUT2D eigenvalue weighted by Gasteiger charge is -2.19. The van der Waals surface area contributed by atoms with Crippen molar-refractivity contribution in [3.05, 3.63) is 44.8 Å². The minimum Gasteiger partial charge on any atom is -0.352 e. The van der Waals surface area contributed by atoms with Crippen LogP contribution in [0.2, 0.25) is 0 Å². The van der Waals surface area contributed by atoms with Crippen molar-refractivity contribution >= 4 is 28.6 Å². The van der Waals surface area contributed by atoms with Crippen molar-refractivity contribution in [1.29, 1.82) is 0 Å². The fourth-order valence-electron chi connectivity index (χ4n) is 2.51. The fourth-order valence-corrected chi connectivity index (χ4v) is 4.06. The third-order valence-corrected chi connectivity index (χ3v) is 5.45. The molecule has 0 bridgehead atoms. The standard InChI is InChI=1S/C15H18N2OS2/c18-15-6-5-11(17-15)10-16-13(14-4-2-8-20-14)9-12-3-1-7-19-12/h1-4,7-8,11,13,16H,5-6,9-10H2,(H,17,18). The molecule has 2 N–H and O–H groups in total. The molecule has 0 aromatic carbocycles. The molecule has 3 heterocycles. The van der Waals surface area contributed by atoms with Gasteiger partial charge >= 0.3 is 0 Å². The molecule has 2 unspecified atom stereocenters. The molecule has 3 nitrogen and oxygen atoms in total. The highest BCUT2D eigenvalue weighted by atomic mass is 32.1. The summed E-state index contributed by atoms with van der Waals surface area (Å²) in [5.41, 5.74) is 0. The van der Waals surface area contributed by atoms with Gasteiger partial charge in [-0.1, -0.05) is 12.1 Å². The number of carbonyl (C=O) groups excluding carboxylic acids is 1. The van der Waals surface area contributed by atoms with Gasteiger partial charge in [-0.25, -0.2) is 0 Å². The Morgan fingerprint density at radius 1 is 1.30 bits per heavy atom. The Kier molecular flexibility index (Phi) is 4.50. The Morgan fingerprint density at radius 3 is 2.80 bits per heavy atom. The summed E-state index contributed by atoms with van der Waals surface area (Å²) in [6, 6.07) is 9.19. The Balaban J connectivity index is 1.62. The number of hydrogen-bond acceptors (Lipinski definition) is 4. The molecular weight excluding hydrogens is 288 g/mol. The van der Waals surface area contributed by atoms with Gasteiger partial charge in [0, 0.05) is 41.2 Å². The highest BCUT2D eigenvalue weighted by molar-refractivity contribution is 7.10. The summed E-state index contributed by atoms with van der Waals surface area (Å²) in [5.74, 6) is 0.183. The Bertz CT molecular complexity index is 536. The average molecular weight is 306 g/mol. The SMILES string of the molecule is O=C1CCC(CNC(Cc2cccs2)c2cccs2)N1. The van der Waals surface area contributed by atoms with E-state index in [2.05, 4.69) is 45.7 Å². The zero-order valence-electron chi connectivity index (χ0n) is 11.2. The Hall–Kier alpha value is -1.17. The van der Waals surface area contributed by atoms with E-state index in [-0.39, 0.29) is 11.9 Å². The number of amides is 1. The van der Waals surface area contributed by atoms with Gasteiger partial charge in [0.1, 0.15) is 0 Å². The van der Waals surface area contributed by atoms with Gasteiger partial charge < -0.3 is 10.6 Å². The maximum Gasteiger partial charge on any atom is 0.220 e. The molecular formula is C15H18N2OS2. The first kappa shape index (κ1) is 13.8. The number of carbonyl (C=O) groups is 1. The van der Waals surface area contributed by atoms with Crippen LogP contribution in [-0.2, 0) is 11.2 Å². The molecule has 1 aliphatic rings. The minimum absolute atomic E-state index is 0.183. The van der Waals surface area contributed by atoms with Crippen LogP contribution in [-0.4, -0.2) is 18.5 Å². The summed E-state index contributed by atoms with van der Waals surface area (Å²) in [5, 5.41) is 10.9. The van der Waals surface area contributed by atoms with Crippen LogP contribution >= 0.6 is 22.7 Å². The van der Waals surface area contributed by atoms with E-state index in [0.717, 1.165) is 19.4 Å². The lowest BCUT2D eigenvalue weighted by Crippen LogP contribution is -2.37. The van der Waals surface area contributed by atoms with E-state index in [1.165, 1.54) is 9.75 Å². The van der Waals surface area contributed by atoms with Gasteiger partial charge in [-0.2, -0.15) is 0 Å². The van der Waals surface area contributed by atoms with Crippen molar-refractivity contribution in [2.45, 2.75) is 31.3 Å². The number of thiophene rings is 2. The first-order valence-corrected chi connectivity index (χ1v) is 8.66. The molecule has 2 atom stereocenters. The molecule has 20 heavy (non-hydrogen) atoms. The summed E-state index contributed by atoms with van der Waals surface area (Å²) in [6.45, 7) is 0.847. The van der Waals surface area contributed by atoms with Crippen LogP contribution in [0.4, 0.5) is 0 Å². The van der Waals surface area contributed by atoms with Crippen molar-refractivity contribution in [2.75, 3.05) is 6.54 Å². The Labute approximate surface area is 127 Å². The predicted octanol–water partition coefficient (Wildman–Crippen LogP) is 2.96. The van der Waals surface area contributed by atoms with Gasteiger partial charge in [0.05, 0.1) is 0 Å². The average Bonchev–Trinajstić information content (AvgIpc) is 3.17. The van der Waals surface area contributed by atoms with E-state index in [4.69, 9.17) is 0 Å². The van der Waals surface area contributed by atoms with E-state index in [0.29, 0.717) is 12.5 Å². The molecule has 5 heteroatoms. The molecule has 2 aromatic heterocycles. The monoisotopic (exact) mass is 306 g/mol. The molecule has 0 radical (unpaired) electrons. The molecule has 106 valence electrons. The van der Waals surface area contributed by atoms with Gasteiger partial charge in [-0.05, 0) is 29.3 Å². The van der Waals surface area contributed by atoms with Crippen molar-refractivity contribution in [3.8, 4) is 0 Å². The zero-order valence-corrected chi connectivity index (χ0v) is 12.8. The van der Waals surface area contributed by atoms with Gasteiger partial charge in [0.25, 0.3) is 0 Å². The molecule has 3 rings (SSSR count). The van der Waals surface area contributed by atoms with Gasteiger partial charge in [-0.15, -0.1) is 22.7 Å². The molecule has 2 aromatic rings. The number of rotatable bonds is 6. The molecule has 1 saturated heterocycles. The maximum absolute atomic E-state index is 11.2. The topological polar surface area (TPSA) is 41.1 Å². The Morgan fingerprint density at radius 2 is 2.15 bits per heavy atom. The number of hydrogen-bond donors (Lipinski definition) is 2. The largest absolute Gasteiger partial charge is 0.352 e. The van der Waals surface area contributed by atoms with E-state index in [1.807, 2.05) is 0 Å². The van der Waals surface area contributed by atoms with Crippen LogP contribution in [0, 0.1) is 0 Å². The van der Waals surface area contributed by atoms with Crippen molar-refractivity contribution in [3.63, 3.8) is 0 Å². The van der Waals surface area contributed by atoms with Crippen LogP contribution in [0.1, 0.15) is 28.6 Å². The summed E-state index contributed by atoms with van der Waals surface area (Å²) < 4.78 is 0. The quantitative estimate of drug-likeness (QED) is 0.861. The van der Waals surface area contributed by atoms with E-state index < -0.39 is 0 Å². The summed E-state index contributed by atoms with van der Waals surface area (Å²) in [4.78, 5) is 14.0. The van der Waals surface area contributed by atoms with Gasteiger partial charge in [-0.3, -0.25) is 4.79 Å². The molecule has 0 saturated carbocycles. The highest BCUT2D eigenvalue weighted by Gasteiger charge is 2.22. The first-order chi connectivity index (χ1) is 9.81. The summed E-state index contributed by atoms with van der Waals surface area (Å²) in [6.07, 6.45) is 2.63. The predicted molar refractivity (Wildman–Crippen MR) is 84.3 cm³/mol. The zero-order chi connectivity index (χ0) is 13.8. The molecule has 0 spiro atoms. The summed E-state index contributed by atoms with van der Waals surface area (Å²) in [7, 11) is 0. The molecule has 1 amide bonds. The second-order valence-corrected chi connectivity index (χ2v) is 7.07. The van der Waals surface area contributed by atoms with Crippen molar-refractivity contribution < 1.29 is 4.79 Å². The van der Waals surface area contributed by atoms with Gasteiger partial charge in [0.15, 0.2) is 0 Å². The fraction of sp³-hybridized carbons (Fsp3) is 0.400. The van der Waals surface area contributed by atoms with Crippen LogP contribution < -0.4 is 10.6 Å². The normalized spacial score (nSPS) is 20.0. The van der Waals surface area contributed by atoms with E-state index >= 15 is 0 Å². The third kappa shape index (κ3) is 3.48. The van der Waals surface area contributed by atoms with E-state index in [9.17, 15) is 4.79 Å². The van der Waals surface area contributed by atoms with Crippen molar-refractivity contribution in [2.24, 2.45) is 0 Å². The second kappa shape index (κ2) is 6.52. The van der Waals surface area contributed by atoms with Crippen LogP contribution in [0.15, 0.2) is 35.0 Å². The minimum atomic E-state index is 0.183. The van der Waals surface area contributed by atoms with Crippen molar-refractivity contribution in [1.82, 2.24) is 10.6 Å². The highest BCUT2D eigenvalue weighted by Crippen LogP contribution is 2.25. The molecule has 0 aliphatic carbocycles. The first-order valence-electron chi connectivity index (χ1n) is 6.90. The third-order valence-electron chi connectivity index (χ3n) is 3.57. The summed E-state index contributed by atoms with van der Waals surface area (Å²) >= 11 is 3.59. The lowest BCUT2D eigenvalue weighted by molar-refractivity contribution is -0.119. The van der Waals surface area contributed by atoms with Crippen LogP contribution in [0.3, 0.4) is 0 Å². The second-order valence-electron chi connectivity index (χ2n) is 5.06. The molecule has 1 aliphatic heterocycles. The number of nitrogens with one attached hydrogen (secondary N) is 2. The van der Waals surface area contributed by atoms with Crippen LogP contribution in [0.5, 0.6) is 0 Å². The van der Waals surface area contributed by atoms with E-state index in [1.54, 1.807) is 22.7 Å². The van der Waals surface area contributed by atoms with Gasteiger partial charge in [0.2, 0.25) is 5.91 Å². The van der Waals surface area contributed by atoms with Crippen LogP contribution in [0.25, 0.3) is 0 Å². The molecule has 1 fully saturated rings. The maximum atomic E-state index is 11.2. The smallest absolute Gasteiger partial charge is 0.220 e. The lowest BCUT2D eigenvalue weighted by atomic mass is 10.1.